The summed E-state index contributed by atoms with van der Waals surface area (Å²) in [5.41, 5.74) is 1.82. The highest BCUT2D eigenvalue weighted by Gasteiger charge is 2.19. The summed E-state index contributed by atoms with van der Waals surface area (Å²) >= 11 is 6.23. The first-order chi connectivity index (χ1) is 14.5. The standard InChI is InChI=1S/C22H22ClN5O2/c1-26-18-19(25-21(26)24-13-12-15-8-4-3-5-9-15)27(2)22(30)28(20(18)29)14-16-10-6-7-11-17(16)23/h3-11H,12-14H2,1-2H3,(H,24,25). The molecule has 0 saturated heterocycles. The van der Waals surface area contributed by atoms with E-state index in [1.165, 1.54) is 14.7 Å². The van der Waals surface area contributed by atoms with Crippen molar-refractivity contribution >= 4 is 28.7 Å². The summed E-state index contributed by atoms with van der Waals surface area (Å²) < 4.78 is 4.29. The highest BCUT2D eigenvalue weighted by atomic mass is 35.5. The zero-order valence-electron chi connectivity index (χ0n) is 16.8. The number of rotatable bonds is 6. The van der Waals surface area contributed by atoms with Crippen molar-refractivity contribution < 1.29 is 0 Å². The molecule has 2 aromatic heterocycles. The van der Waals surface area contributed by atoms with E-state index in [1.807, 2.05) is 30.3 Å². The Labute approximate surface area is 178 Å². The molecule has 0 fully saturated rings. The number of aryl methyl sites for hydroxylation is 2. The predicted octanol–water partition coefficient (Wildman–Crippen LogP) is 2.79. The lowest BCUT2D eigenvalue weighted by atomic mass is 10.1. The molecule has 0 saturated carbocycles. The number of aromatic nitrogens is 4. The fourth-order valence-electron chi connectivity index (χ4n) is 3.50. The van der Waals surface area contributed by atoms with Gasteiger partial charge in [0.05, 0.1) is 6.54 Å². The zero-order chi connectivity index (χ0) is 21.3. The maximum absolute atomic E-state index is 13.2. The minimum Gasteiger partial charge on any atom is -0.355 e. The third-order valence-corrected chi connectivity index (χ3v) is 5.55. The normalized spacial score (nSPS) is 11.2. The number of imidazole rings is 1. The van der Waals surface area contributed by atoms with Crippen LogP contribution in [-0.2, 0) is 27.1 Å². The van der Waals surface area contributed by atoms with Gasteiger partial charge in [0.1, 0.15) is 0 Å². The van der Waals surface area contributed by atoms with Crippen molar-refractivity contribution in [3.63, 3.8) is 0 Å². The average molecular weight is 424 g/mol. The summed E-state index contributed by atoms with van der Waals surface area (Å²) in [5.74, 6) is 0.545. The quantitative estimate of drug-likeness (QED) is 0.517. The van der Waals surface area contributed by atoms with Gasteiger partial charge in [-0.3, -0.25) is 13.9 Å². The summed E-state index contributed by atoms with van der Waals surface area (Å²) in [6, 6.07) is 17.3. The summed E-state index contributed by atoms with van der Waals surface area (Å²) in [6.45, 7) is 0.756. The topological polar surface area (TPSA) is 73.8 Å². The van der Waals surface area contributed by atoms with Crippen LogP contribution in [0.2, 0.25) is 5.02 Å². The van der Waals surface area contributed by atoms with Crippen LogP contribution in [0, 0.1) is 0 Å². The van der Waals surface area contributed by atoms with Gasteiger partial charge >= 0.3 is 5.69 Å². The van der Waals surface area contributed by atoms with Crippen LogP contribution in [0.4, 0.5) is 5.95 Å². The van der Waals surface area contributed by atoms with Crippen LogP contribution < -0.4 is 16.6 Å². The highest BCUT2D eigenvalue weighted by Crippen LogP contribution is 2.17. The summed E-state index contributed by atoms with van der Waals surface area (Å²) in [7, 11) is 3.39. The van der Waals surface area contributed by atoms with Crippen LogP contribution in [0.5, 0.6) is 0 Å². The van der Waals surface area contributed by atoms with E-state index in [0.717, 1.165) is 6.42 Å². The Morgan fingerprint density at radius 3 is 2.40 bits per heavy atom. The van der Waals surface area contributed by atoms with Crippen LogP contribution in [0.15, 0.2) is 64.2 Å². The number of halogens is 1. The van der Waals surface area contributed by atoms with Crippen LogP contribution in [-0.4, -0.2) is 25.2 Å². The lowest BCUT2D eigenvalue weighted by molar-refractivity contribution is 0.655. The molecule has 0 bridgehead atoms. The lowest BCUT2D eigenvalue weighted by Crippen LogP contribution is -2.39. The van der Waals surface area contributed by atoms with Crippen molar-refractivity contribution in [2.24, 2.45) is 14.1 Å². The Kier molecular flexibility index (Phi) is 5.46. The van der Waals surface area contributed by atoms with Crippen LogP contribution in [0.3, 0.4) is 0 Å². The molecular weight excluding hydrogens is 402 g/mol. The Hall–Kier alpha value is -3.32. The molecule has 0 atom stereocenters. The summed E-state index contributed by atoms with van der Waals surface area (Å²) in [6.07, 6.45) is 0.819. The number of fused-ring (bicyclic) bond motifs is 1. The largest absolute Gasteiger partial charge is 0.355 e. The number of hydrogen-bond acceptors (Lipinski definition) is 4. The van der Waals surface area contributed by atoms with E-state index in [1.54, 1.807) is 30.8 Å². The molecule has 2 heterocycles. The summed E-state index contributed by atoms with van der Waals surface area (Å²) in [4.78, 5) is 30.5. The third-order valence-electron chi connectivity index (χ3n) is 5.19. The van der Waals surface area contributed by atoms with Gasteiger partial charge in [-0.25, -0.2) is 4.79 Å². The van der Waals surface area contributed by atoms with Gasteiger partial charge in [-0.1, -0.05) is 60.1 Å². The third kappa shape index (κ3) is 3.64. The van der Waals surface area contributed by atoms with Gasteiger partial charge in [0.25, 0.3) is 5.56 Å². The zero-order valence-corrected chi connectivity index (χ0v) is 17.6. The SMILES string of the molecule is Cn1c(NCCc2ccccc2)nc2c1c(=O)n(Cc1ccccc1Cl)c(=O)n2C. The molecule has 154 valence electrons. The van der Waals surface area contributed by atoms with E-state index >= 15 is 0 Å². The summed E-state index contributed by atoms with van der Waals surface area (Å²) in [5, 5.41) is 3.78. The van der Waals surface area contributed by atoms with E-state index in [0.29, 0.717) is 34.2 Å². The van der Waals surface area contributed by atoms with E-state index in [4.69, 9.17) is 11.6 Å². The van der Waals surface area contributed by atoms with Crippen molar-refractivity contribution in [1.29, 1.82) is 0 Å². The van der Waals surface area contributed by atoms with Crippen molar-refractivity contribution in [3.8, 4) is 0 Å². The molecule has 0 aliphatic rings. The molecule has 0 radical (unpaired) electrons. The van der Waals surface area contributed by atoms with Gasteiger partial charge in [0.15, 0.2) is 11.2 Å². The molecule has 0 unspecified atom stereocenters. The molecule has 0 aliphatic carbocycles. The molecule has 4 aromatic rings. The van der Waals surface area contributed by atoms with Crippen molar-refractivity contribution in [1.82, 2.24) is 18.7 Å². The predicted molar refractivity (Wildman–Crippen MR) is 119 cm³/mol. The molecule has 8 heteroatoms. The van der Waals surface area contributed by atoms with Crippen LogP contribution in [0.25, 0.3) is 11.2 Å². The second kappa shape index (κ2) is 8.20. The monoisotopic (exact) mass is 423 g/mol. The van der Waals surface area contributed by atoms with Gasteiger partial charge in [0, 0.05) is 25.7 Å². The Bertz CT molecular complexity index is 1320. The van der Waals surface area contributed by atoms with E-state index in [2.05, 4.69) is 22.4 Å². The Balaban J connectivity index is 1.69. The molecule has 7 nitrogen and oxygen atoms in total. The molecule has 4 rings (SSSR count). The average Bonchev–Trinajstić information content (AvgIpc) is 3.08. The maximum Gasteiger partial charge on any atom is 0.332 e. The van der Waals surface area contributed by atoms with Gasteiger partial charge < -0.3 is 9.88 Å². The van der Waals surface area contributed by atoms with Crippen molar-refractivity contribution in [2.45, 2.75) is 13.0 Å². The number of benzene rings is 2. The maximum atomic E-state index is 13.2. The minimum atomic E-state index is -0.429. The second-order valence-electron chi connectivity index (χ2n) is 7.15. The van der Waals surface area contributed by atoms with Crippen LogP contribution in [0.1, 0.15) is 11.1 Å². The molecular formula is C22H22ClN5O2. The first-order valence-corrected chi connectivity index (χ1v) is 10.0. The number of anilines is 1. The number of nitrogens with zero attached hydrogens (tertiary/aromatic N) is 4. The van der Waals surface area contributed by atoms with Crippen molar-refractivity contribution in [2.75, 3.05) is 11.9 Å². The fourth-order valence-corrected chi connectivity index (χ4v) is 3.70. The first kappa shape index (κ1) is 20.0. The molecule has 0 spiro atoms. The van der Waals surface area contributed by atoms with Gasteiger partial charge in [0.2, 0.25) is 5.95 Å². The second-order valence-corrected chi connectivity index (χ2v) is 7.56. The van der Waals surface area contributed by atoms with Gasteiger partial charge in [-0.2, -0.15) is 4.98 Å². The van der Waals surface area contributed by atoms with Crippen LogP contribution >= 0.6 is 11.6 Å². The minimum absolute atomic E-state index is 0.100. The number of hydrogen-bond donors (Lipinski definition) is 1. The van der Waals surface area contributed by atoms with E-state index in [-0.39, 0.29) is 12.1 Å². The smallest absolute Gasteiger partial charge is 0.332 e. The lowest BCUT2D eigenvalue weighted by Gasteiger charge is -2.10. The van der Waals surface area contributed by atoms with Gasteiger partial charge in [-0.05, 0) is 23.6 Å². The molecule has 2 aromatic carbocycles. The van der Waals surface area contributed by atoms with E-state index < -0.39 is 5.69 Å². The number of nitrogens with one attached hydrogen (secondary N) is 1. The van der Waals surface area contributed by atoms with E-state index in [9.17, 15) is 9.59 Å². The fraction of sp³-hybridized carbons (Fsp3) is 0.227. The molecule has 1 N–H and O–H groups in total. The Morgan fingerprint density at radius 2 is 1.67 bits per heavy atom. The van der Waals surface area contributed by atoms with Gasteiger partial charge in [-0.15, -0.1) is 0 Å². The Morgan fingerprint density at radius 1 is 0.967 bits per heavy atom. The van der Waals surface area contributed by atoms with Crippen molar-refractivity contribution in [3.05, 3.63) is 91.6 Å². The first-order valence-electron chi connectivity index (χ1n) is 9.65. The molecule has 0 aliphatic heterocycles. The highest BCUT2D eigenvalue weighted by molar-refractivity contribution is 6.31. The molecule has 30 heavy (non-hydrogen) atoms. The molecule has 0 amide bonds.